The molecular formula is C25H38O. The van der Waals surface area contributed by atoms with Crippen LogP contribution in [0.15, 0.2) is 36.0 Å². The quantitative estimate of drug-likeness (QED) is 0.468. The summed E-state index contributed by atoms with van der Waals surface area (Å²) in [5.74, 6) is 3.54. The van der Waals surface area contributed by atoms with Crippen LogP contribution in [0.5, 0.6) is 0 Å². The lowest BCUT2D eigenvalue weighted by molar-refractivity contribution is -0.115. The molecule has 4 aliphatic rings. The van der Waals surface area contributed by atoms with Crippen LogP contribution in [0, 0.1) is 34.5 Å². The topological polar surface area (TPSA) is 17.1 Å². The second-order valence-electron chi connectivity index (χ2n) is 9.98. The number of hydrogen-bond acceptors (Lipinski definition) is 1. The van der Waals surface area contributed by atoms with E-state index in [4.69, 9.17) is 0 Å². The molecule has 1 heteroatoms. The average Bonchev–Trinajstić information content (AvgIpc) is 2.87. The molecule has 1 nitrogen and oxygen atoms in total. The van der Waals surface area contributed by atoms with Gasteiger partial charge in [-0.3, -0.25) is 4.79 Å². The van der Waals surface area contributed by atoms with Gasteiger partial charge in [-0.2, -0.15) is 0 Å². The lowest BCUT2D eigenvalue weighted by atomic mass is 9.47. The van der Waals surface area contributed by atoms with Gasteiger partial charge in [0.25, 0.3) is 0 Å². The summed E-state index contributed by atoms with van der Waals surface area (Å²) < 4.78 is 0. The van der Waals surface area contributed by atoms with Gasteiger partial charge in [0.05, 0.1) is 0 Å². The Morgan fingerprint density at radius 2 is 1.73 bits per heavy atom. The second-order valence-corrected chi connectivity index (χ2v) is 9.98. The smallest absolute Gasteiger partial charge is 0.156 e. The summed E-state index contributed by atoms with van der Waals surface area (Å²) >= 11 is 0. The highest BCUT2D eigenvalue weighted by atomic mass is 16.1. The van der Waals surface area contributed by atoms with Crippen molar-refractivity contribution in [3.8, 4) is 0 Å². The van der Waals surface area contributed by atoms with E-state index >= 15 is 0 Å². The van der Waals surface area contributed by atoms with Crippen molar-refractivity contribution in [1.82, 2.24) is 0 Å². The predicted molar refractivity (Wildman–Crippen MR) is 111 cm³/mol. The van der Waals surface area contributed by atoms with E-state index in [2.05, 4.69) is 46.9 Å². The van der Waals surface area contributed by atoms with Gasteiger partial charge in [0.15, 0.2) is 5.78 Å². The molecule has 2 fully saturated rings. The van der Waals surface area contributed by atoms with Gasteiger partial charge >= 0.3 is 0 Å². The third-order valence-corrected chi connectivity index (χ3v) is 8.62. The third kappa shape index (κ3) is 2.69. The van der Waals surface area contributed by atoms with E-state index in [0.29, 0.717) is 17.1 Å². The summed E-state index contributed by atoms with van der Waals surface area (Å²) in [6.07, 6.45) is 11.7. The zero-order valence-corrected chi connectivity index (χ0v) is 17.7. The van der Waals surface area contributed by atoms with E-state index in [-0.39, 0.29) is 5.41 Å². The molecule has 0 saturated heterocycles. The van der Waals surface area contributed by atoms with Crippen LogP contribution in [0.4, 0.5) is 0 Å². The molecule has 0 heterocycles. The van der Waals surface area contributed by atoms with E-state index in [1.807, 2.05) is 0 Å². The predicted octanol–water partition coefficient (Wildman–Crippen LogP) is 6.90. The fraction of sp³-hybridized carbons (Fsp3) is 0.720. The zero-order chi connectivity index (χ0) is 19.3. The first-order valence-corrected chi connectivity index (χ1v) is 10.7. The molecule has 0 amide bonds. The van der Waals surface area contributed by atoms with Crippen LogP contribution in [-0.2, 0) is 4.79 Å². The summed E-state index contributed by atoms with van der Waals surface area (Å²) in [5.41, 5.74) is 4.97. The zero-order valence-electron chi connectivity index (χ0n) is 17.7. The summed E-state index contributed by atoms with van der Waals surface area (Å²) in [6, 6.07) is 0. The molecule has 0 spiro atoms. The Balaban J connectivity index is 0.000000948. The van der Waals surface area contributed by atoms with Crippen LogP contribution in [0.2, 0.25) is 0 Å². The summed E-state index contributed by atoms with van der Waals surface area (Å²) in [5, 5.41) is 0. The van der Waals surface area contributed by atoms with Gasteiger partial charge in [-0.25, -0.2) is 0 Å². The fourth-order valence-corrected chi connectivity index (χ4v) is 7.47. The molecule has 26 heavy (non-hydrogen) atoms. The highest BCUT2D eigenvalue weighted by molar-refractivity contribution is 5.96. The molecule has 0 bridgehead atoms. The highest BCUT2D eigenvalue weighted by Crippen LogP contribution is 2.66. The van der Waals surface area contributed by atoms with E-state index in [0.717, 1.165) is 17.8 Å². The largest absolute Gasteiger partial charge is 0.295 e. The molecule has 4 rings (SSSR count). The molecule has 144 valence electrons. The molecule has 0 aliphatic heterocycles. The maximum atomic E-state index is 12.3. The molecule has 0 N–H and O–H groups in total. The molecule has 2 saturated carbocycles. The van der Waals surface area contributed by atoms with E-state index in [9.17, 15) is 4.79 Å². The van der Waals surface area contributed by atoms with Crippen LogP contribution in [0.25, 0.3) is 0 Å². The maximum absolute atomic E-state index is 12.3. The highest BCUT2D eigenvalue weighted by Gasteiger charge is 2.57. The molecule has 6 atom stereocenters. The molecule has 0 aromatic heterocycles. The van der Waals surface area contributed by atoms with Gasteiger partial charge in [0.1, 0.15) is 0 Å². The average molecular weight is 355 g/mol. The monoisotopic (exact) mass is 354 g/mol. The number of rotatable bonds is 1. The Kier molecular flexibility index (Phi) is 5.14. The standard InChI is InChI=1S/C23H34O.C2H4/c1-14-8-10-22(4)17(12-14)6-7-18-19(22)9-11-23(5)20(18)13-15(2)21(23)16(3)24;1-2/h6,14,18-20H,7-13H2,1-5H3;1-2H2/t14-,18+,19-,20-,22-,23-;/m0./s1. The Morgan fingerprint density at radius 3 is 2.38 bits per heavy atom. The first-order chi connectivity index (χ1) is 12.3. The Morgan fingerprint density at radius 1 is 1.08 bits per heavy atom. The number of hydrogen-bond donors (Lipinski definition) is 0. The van der Waals surface area contributed by atoms with Crippen molar-refractivity contribution in [2.45, 2.75) is 79.6 Å². The Hall–Kier alpha value is -1.11. The lowest BCUT2D eigenvalue weighted by Crippen LogP contribution is -2.49. The molecule has 0 aromatic rings. The minimum Gasteiger partial charge on any atom is -0.295 e. The number of ketones is 1. The Bertz CT molecular complexity index is 653. The van der Waals surface area contributed by atoms with Crippen LogP contribution in [0.3, 0.4) is 0 Å². The van der Waals surface area contributed by atoms with Crippen LogP contribution < -0.4 is 0 Å². The lowest BCUT2D eigenvalue weighted by Gasteiger charge is -2.57. The molecule has 0 radical (unpaired) electrons. The fourth-order valence-electron chi connectivity index (χ4n) is 7.47. The van der Waals surface area contributed by atoms with E-state index < -0.39 is 0 Å². The maximum Gasteiger partial charge on any atom is 0.156 e. The normalized spacial score (nSPS) is 44.1. The number of Topliss-reactive ketones (excluding diaryl/α,β-unsaturated/α-hetero) is 1. The SMILES string of the molecule is C=C.CC(=O)C1=C(C)C[C@H]2[C@@H]3CC=C4C[C@@H](C)CC[C@]4(C)[C@H]3CC[C@]12C. The minimum absolute atomic E-state index is 0.154. The van der Waals surface area contributed by atoms with Crippen molar-refractivity contribution >= 4 is 5.78 Å². The molecular weight excluding hydrogens is 316 g/mol. The number of carbonyl (C=O) groups excluding carboxylic acids is 1. The third-order valence-electron chi connectivity index (χ3n) is 8.62. The van der Waals surface area contributed by atoms with Crippen LogP contribution >= 0.6 is 0 Å². The van der Waals surface area contributed by atoms with Crippen LogP contribution in [-0.4, -0.2) is 5.78 Å². The van der Waals surface area contributed by atoms with Crippen molar-refractivity contribution in [2.24, 2.45) is 34.5 Å². The van der Waals surface area contributed by atoms with Crippen molar-refractivity contribution in [3.05, 3.63) is 36.0 Å². The van der Waals surface area contributed by atoms with Gasteiger partial charge < -0.3 is 0 Å². The summed E-state index contributed by atoms with van der Waals surface area (Å²) in [4.78, 5) is 12.3. The molecule has 4 aliphatic carbocycles. The minimum atomic E-state index is 0.154. The van der Waals surface area contributed by atoms with Gasteiger partial charge in [-0.1, -0.05) is 38.0 Å². The van der Waals surface area contributed by atoms with Crippen molar-refractivity contribution in [3.63, 3.8) is 0 Å². The van der Waals surface area contributed by atoms with Gasteiger partial charge in [0.2, 0.25) is 0 Å². The second kappa shape index (κ2) is 6.80. The van der Waals surface area contributed by atoms with Gasteiger partial charge in [-0.05, 0) is 98.9 Å². The van der Waals surface area contributed by atoms with Crippen molar-refractivity contribution < 1.29 is 4.79 Å². The first-order valence-electron chi connectivity index (χ1n) is 10.7. The van der Waals surface area contributed by atoms with Gasteiger partial charge in [0, 0.05) is 0 Å². The number of fused-ring (bicyclic) bond motifs is 5. The summed E-state index contributed by atoms with van der Waals surface area (Å²) in [7, 11) is 0. The summed E-state index contributed by atoms with van der Waals surface area (Å²) in [6.45, 7) is 17.4. The number of carbonyl (C=O) groups is 1. The molecule has 0 aromatic carbocycles. The Labute approximate surface area is 161 Å². The van der Waals surface area contributed by atoms with Crippen molar-refractivity contribution in [1.29, 1.82) is 0 Å². The van der Waals surface area contributed by atoms with Gasteiger partial charge in [-0.15, -0.1) is 13.2 Å². The van der Waals surface area contributed by atoms with Crippen molar-refractivity contribution in [2.75, 3.05) is 0 Å². The van der Waals surface area contributed by atoms with Crippen LogP contribution in [0.1, 0.15) is 79.6 Å². The molecule has 0 unspecified atom stereocenters. The van der Waals surface area contributed by atoms with E-state index in [1.165, 1.54) is 56.1 Å². The number of allylic oxidation sites excluding steroid dienone is 4. The van der Waals surface area contributed by atoms with E-state index in [1.54, 1.807) is 12.5 Å². The first kappa shape index (κ1) is 19.6.